The second-order valence-corrected chi connectivity index (χ2v) is 8.74. The predicted octanol–water partition coefficient (Wildman–Crippen LogP) is 5.06. The molecule has 1 atom stereocenters. The summed E-state index contributed by atoms with van der Waals surface area (Å²) >= 11 is 0. The molecule has 2 heterocycles. The molecule has 34 heavy (non-hydrogen) atoms. The van der Waals surface area contributed by atoms with Crippen LogP contribution < -0.4 is 5.32 Å². The zero-order valence-electron chi connectivity index (χ0n) is 19.0. The second kappa shape index (κ2) is 8.26. The molecule has 1 N–H and O–H groups in total. The van der Waals surface area contributed by atoms with Crippen LogP contribution in [0.2, 0.25) is 0 Å². The standard InChI is InChI=1S/C27H23N3O4/c1-15(2)23(30-26(32)17-8-4-5-9-18(17)27(30)33)24(31)28-20-11-7-6-10-19(20)25-29-21-14-16(3)12-13-22(21)34-25/h4-15,23H,1-3H3,(H,28,31). The number of hydrogen-bond acceptors (Lipinski definition) is 5. The third-order valence-electron chi connectivity index (χ3n) is 5.96. The number of rotatable bonds is 5. The van der Waals surface area contributed by atoms with Crippen molar-refractivity contribution >= 4 is 34.5 Å². The minimum absolute atomic E-state index is 0.304. The molecule has 0 aliphatic carbocycles. The Morgan fingerprint density at radius 2 is 1.53 bits per heavy atom. The minimum Gasteiger partial charge on any atom is -0.436 e. The number of carbonyl (C=O) groups excluding carboxylic acids is 3. The summed E-state index contributed by atoms with van der Waals surface area (Å²) in [6.07, 6.45) is 0. The van der Waals surface area contributed by atoms with Crippen molar-refractivity contribution in [3.8, 4) is 11.5 Å². The van der Waals surface area contributed by atoms with Gasteiger partial charge < -0.3 is 9.73 Å². The first-order valence-electron chi connectivity index (χ1n) is 11.1. The summed E-state index contributed by atoms with van der Waals surface area (Å²) in [7, 11) is 0. The van der Waals surface area contributed by atoms with Crippen LogP contribution in [0, 0.1) is 12.8 Å². The maximum atomic E-state index is 13.5. The number of hydrogen-bond donors (Lipinski definition) is 1. The number of benzene rings is 3. The van der Waals surface area contributed by atoms with Gasteiger partial charge in [0.2, 0.25) is 11.8 Å². The number of para-hydroxylation sites is 1. The summed E-state index contributed by atoms with van der Waals surface area (Å²) < 4.78 is 5.93. The molecule has 3 amide bonds. The molecule has 5 rings (SSSR count). The lowest BCUT2D eigenvalue weighted by molar-refractivity contribution is -0.121. The summed E-state index contributed by atoms with van der Waals surface area (Å²) in [5.74, 6) is -1.31. The third-order valence-corrected chi connectivity index (χ3v) is 5.96. The van der Waals surface area contributed by atoms with Crippen LogP contribution in [0.5, 0.6) is 0 Å². The van der Waals surface area contributed by atoms with Gasteiger partial charge in [0.05, 0.1) is 22.4 Å². The lowest BCUT2D eigenvalue weighted by Gasteiger charge is -2.28. The Morgan fingerprint density at radius 1 is 0.912 bits per heavy atom. The Morgan fingerprint density at radius 3 is 2.18 bits per heavy atom. The first kappa shape index (κ1) is 21.6. The van der Waals surface area contributed by atoms with E-state index in [0.29, 0.717) is 33.9 Å². The number of oxazole rings is 1. The molecule has 170 valence electrons. The van der Waals surface area contributed by atoms with Gasteiger partial charge >= 0.3 is 0 Å². The molecule has 0 saturated heterocycles. The van der Waals surface area contributed by atoms with Gasteiger partial charge in [-0.05, 0) is 54.8 Å². The molecule has 0 saturated carbocycles. The molecule has 1 aliphatic heterocycles. The van der Waals surface area contributed by atoms with Gasteiger partial charge in [-0.15, -0.1) is 0 Å². The van der Waals surface area contributed by atoms with E-state index in [0.717, 1.165) is 16.0 Å². The number of nitrogens with one attached hydrogen (secondary N) is 1. The summed E-state index contributed by atoms with van der Waals surface area (Å²) in [5.41, 5.74) is 4.15. The first-order chi connectivity index (χ1) is 16.3. The van der Waals surface area contributed by atoms with E-state index < -0.39 is 23.8 Å². The molecule has 0 radical (unpaired) electrons. The van der Waals surface area contributed by atoms with E-state index in [1.807, 2.05) is 45.0 Å². The molecule has 0 fully saturated rings. The second-order valence-electron chi connectivity index (χ2n) is 8.74. The van der Waals surface area contributed by atoms with Crippen LogP contribution in [0.25, 0.3) is 22.6 Å². The van der Waals surface area contributed by atoms with Crippen LogP contribution in [0.1, 0.15) is 40.1 Å². The van der Waals surface area contributed by atoms with E-state index in [1.165, 1.54) is 0 Å². The molecule has 1 unspecified atom stereocenters. The Labute approximate surface area is 196 Å². The predicted molar refractivity (Wildman–Crippen MR) is 128 cm³/mol. The highest BCUT2D eigenvalue weighted by atomic mass is 16.3. The number of aryl methyl sites for hydroxylation is 1. The number of anilines is 1. The largest absolute Gasteiger partial charge is 0.436 e. The van der Waals surface area contributed by atoms with E-state index in [1.54, 1.807) is 42.5 Å². The Kier molecular flexibility index (Phi) is 5.24. The average molecular weight is 453 g/mol. The van der Waals surface area contributed by atoms with Gasteiger partial charge in [0, 0.05) is 0 Å². The van der Waals surface area contributed by atoms with Crippen LogP contribution >= 0.6 is 0 Å². The molecule has 7 heteroatoms. The van der Waals surface area contributed by atoms with E-state index in [2.05, 4.69) is 10.3 Å². The van der Waals surface area contributed by atoms with Crippen molar-refractivity contribution in [1.29, 1.82) is 0 Å². The average Bonchev–Trinajstić information content (AvgIpc) is 3.34. The van der Waals surface area contributed by atoms with Crippen LogP contribution in [-0.2, 0) is 4.79 Å². The van der Waals surface area contributed by atoms with Crippen molar-refractivity contribution in [2.24, 2.45) is 5.92 Å². The van der Waals surface area contributed by atoms with E-state index >= 15 is 0 Å². The Bertz CT molecular complexity index is 1420. The highest BCUT2D eigenvalue weighted by Gasteiger charge is 2.44. The number of imide groups is 1. The maximum Gasteiger partial charge on any atom is 0.262 e. The number of fused-ring (bicyclic) bond motifs is 2. The topological polar surface area (TPSA) is 92.5 Å². The fraction of sp³-hybridized carbons (Fsp3) is 0.185. The molecule has 1 aromatic heterocycles. The van der Waals surface area contributed by atoms with Crippen molar-refractivity contribution < 1.29 is 18.8 Å². The number of aromatic nitrogens is 1. The first-order valence-corrected chi connectivity index (χ1v) is 11.1. The molecule has 4 aromatic rings. The number of nitrogens with zero attached hydrogens (tertiary/aromatic N) is 2. The molecule has 0 spiro atoms. The molecule has 7 nitrogen and oxygen atoms in total. The third kappa shape index (κ3) is 3.55. The van der Waals surface area contributed by atoms with Gasteiger partial charge in [-0.3, -0.25) is 19.3 Å². The summed E-state index contributed by atoms with van der Waals surface area (Å²) in [4.78, 5) is 45.2. The van der Waals surface area contributed by atoms with Crippen molar-refractivity contribution in [2.45, 2.75) is 26.8 Å². The smallest absolute Gasteiger partial charge is 0.262 e. The normalized spacial score (nSPS) is 14.1. The van der Waals surface area contributed by atoms with E-state index in [-0.39, 0.29) is 5.92 Å². The highest BCUT2D eigenvalue weighted by molar-refractivity contribution is 6.23. The van der Waals surface area contributed by atoms with Crippen LogP contribution in [0.4, 0.5) is 5.69 Å². The Balaban J connectivity index is 1.48. The van der Waals surface area contributed by atoms with E-state index in [4.69, 9.17) is 4.42 Å². The quantitative estimate of drug-likeness (QED) is 0.426. The van der Waals surface area contributed by atoms with Crippen molar-refractivity contribution in [3.05, 3.63) is 83.4 Å². The van der Waals surface area contributed by atoms with Gasteiger partial charge in [-0.1, -0.05) is 44.2 Å². The van der Waals surface area contributed by atoms with E-state index in [9.17, 15) is 14.4 Å². The fourth-order valence-corrected chi connectivity index (χ4v) is 4.32. The van der Waals surface area contributed by atoms with Gasteiger partial charge in [0.25, 0.3) is 11.8 Å². The summed E-state index contributed by atoms with van der Waals surface area (Å²) in [5, 5.41) is 2.91. The highest BCUT2D eigenvalue weighted by Crippen LogP contribution is 2.32. The molecular weight excluding hydrogens is 430 g/mol. The minimum atomic E-state index is -0.980. The van der Waals surface area contributed by atoms with Crippen molar-refractivity contribution in [3.63, 3.8) is 0 Å². The molecule has 1 aliphatic rings. The number of carbonyl (C=O) groups is 3. The maximum absolute atomic E-state index is 13.5. The number of amides is 3. The van der Waals surface area contributed by atoms with Crippen LogP contribution in [0.15, 0.2) is 71.1 Å². The lowest BCUT2D eigenvalue weighted by atomic mass is 10.0. The molecule has 3 aromatic carbocycles. The van der Waals surface area contributed by atoms with Crippen molar-refractivity contribution in [1.82, 2.24) is 9.88 Å². The lowest BCUT2D eigenvalue weighted by Crippen LogP contribution is -2.50. The summed E-state index contributed by atoms with van der Waals surface area (Å²) in [6, 6.07) is 18.5. The summed E-state index contributed by atoms with van der Waals surface area (Å²) in [6.45, 7) is 5.60. The zero-order chi connectivity index (χ0) is 24.0. The van der Waals surface area contributed by atoms with Gasteiger partial charge in [0.1, 0.15) is 11.6 Å². The van der Waals surface area contributed by atoms with Gasteiger partial charge in [-0.25, -0.2) is 4.98 Å². The van der Waals surface area contributed by atoms with Crippen molar-refractivity contribution in [2.75, 3.05) is 5.32 Å². The van der Waals surface area contributed by atoms with Crippen LogP contribution in [-0.4, -0.2) is 33.6 Å². The van der Waals surface area contributed by atoms with Crippen LogP contribution in [0.3, 0.4) is 0 Å². The molecule has 0 bridgehead atoms. The fourth-order valence-electron chi connectivity index (χ4n) is 4.32. The monoisotopic (exact) mass is 453 g/mol. The SMILES string of the molecule is Cc1ccc2oc(-c3ccccc3NC(=O)C(C(C)C)N3C(=O)c4ccccc4C3=O)nc2c1. The molecular formula is C27H23N3O4. The Hall–Kier alpha value is -4.26. The van der Waals surface area contributed by atoms with Gasteiger partial charge in [0.15, 0.2) is 5.58 Å². The zero-order valence-corrected chi connectivity index (χ0v) is 19.0. The van der Waals surface area contributed by atoms with Gasteiger partial charge in [-0.2, -0.15) is 0 Å².